The molecule has 17 heavy (non-hydrogen) atoms. The Morgan fingerprint density at radius 2 is 2.29 bits per heavy atom. The molecule has 94 valence electrons. The Bertz CT molecular complexity index is 428. The van der Waals surface area contributed by atoms with E-state index in [0.717, 1.165) is 0 Å². The molecule has 2 heterocycles. The molecule has 1 N–H and O–H groups in total. The van der Waals surface area contributed by atoms with Gasteiger partial charge in [-0.15, -0.1) is 0 Å². The van der Waals surface area contributed by atoms with Gasteiger partial charge in [-0.05, 0) is 26.3 Å². The van der Waals surface area contributed by atoms with E-state index in [-0.39, 0.29) is 11.9 Å². The van der Waals surface area contributed by atoms with Crippen LogP contribution in [0.4, 0.5) is 0 Å². The Kier molecular flexibility index (Phi) is 3.45. The molecule has 5 heteroatoms. The van der Waals surface area contributed by atoms with Gasteiger partial charge in [-0.3, -0.25) is 4.79 Å². The topological polar surface area (TPSA) is 45.5 Å². The minimum absolute atomic E-state index is 0.0536. The fourth-order valence-electron chi connectivity index (χ4n) is 2.13. The molecular formula is C12H17ClN2O2. The number of hydrogen-bond donors (Lipinski definition) is 1. The molecule has 1 aromatic rings. The summed E-state index contributed by atoms with van der Waals surface area (Å²) in [5.74, 6) is -0.0536. The molecule has 1 aliphatic rings. The van der Waals surface area contributed by atoms with E-state index in [4.69, 9.17) is 11.6 Å². The number of aromatic nitrogens is 1. The maximum Gasteiger partial charge on any atom is 0.270 e. The highest BCUT2D eigenvalue weighted by atomic mass is 35.5. The number of carbonyl (C=O) groups excluding carboxylic acids is 1. The van der Waals surface area contributed by atoms with Crippen molar-refractivity contribution in [3.63, 3.8) is 0 Å². The van der Waals surface area contributed by atoms with Crippen molar-refractivity contribution in [1.29, 1.82) is 0 Å². The second-order valence-corrected chi connectivity index (χ2v) is 5.17. The summed E-state index contributed by atoms with van der Waals surface area (Å²) in [6.45, 7) is 5.04. The number of amides is 1. The van der Waals surface area contributed by atoms with Gasteiger partial charge in [-0.1, -0.05) is 11.6 Å². The molecule has 2 rings (SSSR count). The maximum absolute atomic E-state index is 12.3. The number of halogens is 1. The third-order valence-electron chi connectivity index (χ3n) is 3.04. The van der Waals surface area contributed by atoms with Crippen LogP contribution in [0.25, 0.3) is 0 Å². The molecule has 0 unspecified atom stereocenters. The van der Waals surface area contributed by atoms with Crippen molar-refractivity contribution in [2.24, 2.45) is 0 Å². The second kappa shape index (κ2) is 4.70. The predicted octanol–water partition coefficient (Wildman–Crippen LogP) is 1.93. The summed E-state index contributed by atoms with van der Waals surface area (Å²) in [5, 5.41) is 10.0. The minimum Gasteiger partial charge on any atom is -0.391 e. The first-order chi connectivity index (χ1) is 7.99. The van der Waals surface area contributed by atoms with Gasteiger partial charge >= 0.3 is 0 Å². The summed E-state index contributed by atoms with van der Waals surface area (Å²) >= 11 is 5.95. The van der Waals surface area contributed by atoms with Gasteiger partial charge in [0.1, 0.15) is 5.69 Å². The molecule has 1 aromatic heterocycles. The lowest BCUT2D eigenvalue weighted by atomic mass is 10.3. The summed E-state index contributed by atoms with van der Waals surface area (Å²) in [6, 6.07) is 1.88. The summed E-state index contributed by atoms with van der Waals surface area (Å²) in [4.78, 5) is 13.9. The van der Waals surface area contributed by atoms with Crippen molar-refractivity contribution in [3.05, 3.63) is 23.0 Å². The lowest BCUT2D eigenvalue weighted by Gasteiger charge is -2.18. The quantitative estimate of drug-likeness (QED) is 0.879. The lowest BCUT2D eigenvalue weighted by molar-refractivity contribution is 0.0753. The fourth-order valence-corrected chi connectivity index (χ4v) is 2.34. The van der Waals surface area contributed by atoms with Crippen LogP contribution in [0.5, 0.6) is 0 Å². The molecule has 0 bridgehead atoms. The zero-order chi connectivity index (χ0) is 12.6. The highest BCUT2D eigenvalue weighted by molar-refractivity contribution is 6.31. The van der Waals surface area contributed by atoms with Gasteiger partial charge < -0.3 is 14.6 Å². The Labute approximate surface area is 106 Å². The predicted molar refractivity (Wildman–Crippen MR) is 66.4 cm³/mol. The smallest absolute Gasteiger partial charge is 0.270 e. The van der Waals surface area contributed by atoms with Crippen LogP contribution in [0, 0.1) is 0 Å². The van der Waals surface area contributed by atoms with E-state index in [1.807, 2.05) is 18.4 Å². The number of carbonyl (C=O) groups is 1. The van der Waals surface area contributed by atoms with Crippen molar-refractivity contribution in [3.8, 4) is 0 Å². The largest absolute Gasteiger partial charge is 0.391 e. The van der Waals surface area contributed by atoms with Gasteiger partial charge in [-0.25, -0.2) is 0 Å². The van der Waals surface area contributed by atoms with E-state index in [9.17, 15) is 9.90 Å². The average Bonchev–Trinajstić information content (AvgIpc) is 2.83. The number of β-amino-alcohol motifs (C(OH)–C–C–N with tert-alkyl or cyclic N) is 1. The number of rotatable bonds is 2. The normalized spacial score (nSPS) is 20.3. The molecule has 0 saturated carbocycles. The van der Waals surface area contributed by atoms with Crippen molar-refractivity contribution in [2.75, 3.05) is 13.1 Å². The molecule has 0 aliphatic carbocycles. The summed E-state index contributed by atoms with van der Waals surface area (Å²) < 4.78 is 1.87. The third kappa shape index (κ3) is 2.48. The van der Waals surface area contributed by atoms with Gasteiger partial charge in [0.25, 0.3) is 5.91 Å². The van der Waals surface area contributed by atoms with Crippen molar-refractivity contribution < 1.29 is 9.90 Å². The first-order valence-electron chi connectivity index (χ1n) is 5.83. The highest BCUT2D eigenvalue weighted by Crippen LogP contribution is 2.22. The van der Waals surface area contributed by atoms with Crippen LogP contribution in [-0.2, 0) is 0 Å². The molecule has 1 saturated heterocycles. The summed E-state index contributed by atoms with van der Waals surface area (Å²) in [7, 11) is 0. The Morgan fingerprint density at radius 1 is 1.59 bits per heavy atom. The van der Waals surface area contributed by atoms with E-state index in [0.29, 0.717) is 30.2 Å². The van der Waals surface area contributed by atoms with Gasteiger partial charge in [0.15, 0.2) is 0 Å². The molecule has 1 atom stereocenters. The fraction of sp³-hybridized carbons (Fsp3) is 0.583. The Hall–Kier alpha value is -1.00. The van der Waals surface area contributed by atoms with E-state index in [1.165, 1.54) is 0 Å². The van der Waals surface area contributed by atoms with E-state index in [2.05, 4.69) is 0 Å². The highest BCUT2D eigenvalue weighted by Gasteiger charge is 2.27. The van der Waals surface area contributed by atoms with Crippen molar-refractivity contribution >= 4 is 17.5 Å². The number of aliphatic hydroxyl groups is 1. The van der Waals surface area contributed by atoms with Crippen LogP contribution in [0.3, 0.4) is 0 Å². The Balaban J connectivity index is 2.24. The van der Waals surface area contributed by atoms with Gasteiger partial charge in [-0.2, -0.15) is 0 Å². The number of hydrogen-bond acceptors (Lipinski definition) is 2. The van der Waals surface area contributed by atoms with E-state index < -0.39 is 6.10 Å². The van der Waals surface area contributed by atoms with Crippen LogP contribution in [0.1, 0.15) is 36.8 Å². The van der Waals surface area contributed by atoms with Crippen LogP contribution >= 0.6 is 11.6 Å². The molecular weight excluding hydrogens is 240 g/mol. The van der Waals surface area contributed by atoms with Crippen LogP contribution in [-0.4, -0.2) is 39.7 Å². The number of aliphatic hydroxyl groups excluding tert-OH is 1. The second-order valence-electron chi connectivity index (χ2n) is 4.74. The van der Waals surface area contributed by atoms with E-state index in [1.54, 1.807) is 17.2 Å². The Morgan fingerprint density at radius 3 is 2.82 bits per heavy atom. The summed E-state index contributed by atoms with van der Waals surface area (Å²) in [6.07, 6.45) is 2.03. The summed E-state index contributed by atoms with van der Waals surface area (Å²) in [5.41, 5.74) is 0.596. The molecule has 1 amide bonds. The minimum atomic E-state index is -0.392. The number of nitrogens with zero attached hydrogens (tertiary/aromatic N) is 2. The monoisotopic (exact) mass is 256 g/mol. The SMILES string of the molecule is CC(C)n1cc(Cl)cc1C(=O)N1CC[C@H](O)C1. The zero-order valence-corrected chi connectivity index (χ0v) is 10.8. The molecule has 0 aromatic carbocycles. The first-order valence-corrected chi connectivity index (χ1v) is 6.21. The number of likely N-dealkylation sites (tertiary alicyclic amines) is 1. The van der Waals surface area contributed by atoms with Crippen LogP contribution in [0.15, 0.2) is 12.3 Å². The van der Waals surface area contributed by atoms with Gasteiger partial charge in [0.2, 0.25) is 0 Å². The lowest BCUT2D eigenvalue weighted by Crippen LogP contribution is -2.31. The van der Waals surface area contributed by atoms with Crippen LogP contribution in [0.2, 0.25) is 5.02 Å². The van der Waals surface area contributed by atoms with Crippen LogP contribution < -0.4 is 0 Å². The van der Waals surface area contributed by atoms with Gasteiger partial charge in [0.05, 0.1) is 11.1 Å². The van der Waals surface area contributed by atoms with E-state index >= 15 is 0 Å². The first kappa shape index (κ1) is 12.5. The standard InChI is InChI=1S/C12H17ClN2O2/c1-8(2)15-6-9(13)5-11(15)12(17)14-4-3-10(16)7-14/h5-6,8,10,16H,3-4,7H2,1-2H3/t10-/m0/s1. The van der Waals surface area contributed by atoms with Gasteiger partial charge in [0, 0.05) is 25.3 Å². The molecule has 0 radical (unpaired) electrons. The van der Waals surface area contributed by atoms with Crippen molar-refractivity contribution in [2.45, 2.75) is 32.4 Å². The molecule has 1 aliphatic heterocycles. The maximum atomic E-state index is 12.3. The molecule has 4 nitrogen and oxygen atoms in total. The molecule has 0 spiro atoms. The average molecular weight is 257 g/mol. The van der Waals surface area contributed by atoms with Crippen molar-refractivity contribution in [1.82, 2.24) is 9.47 Å². The molecule has 1 fully saturated rings. The third-order valence-corrected chi connectivity index (χ3v) is 3.25. The zero-order valence-electron chi connectivity index (χ0n) is 10.1.